The predicted octanol–water partition coefficient (Wildman–Crippen LogP) is 1.62. The van der Waals surface area contributed by atoms with Gasteiger partial charge in [0.2, 0.25) is 0 Å². The van der Waals surface area contributed by atoms with Gasteiger partial charge in [-0.05, 0) is 23.8 Å². The van der Waals surface area contributed by atoms with Gasteiger partial charge in [-0.25, -0.2) is 0 Å². The predicted molar refractivity (Wildman–Crippen MR) is 69.8 cm³/mol. The second-order valence-electron chi connectivity index (χ2n) is 4.19. The summed E-state index contributed by atoms with van der Waals surface area (Å²) in [7, 11) is 1.95. The standard InChI is InChI=1S/C14H16N4/c1-18-14(6-8-17-18)5-7-16-11-13-4-2-3-12(9-13)10-15/h2-4,6,8-9,16H,5,7,11H2,1H3. The Balaban J connectivity index is 1.79. The van der Waals surface area contributed by atoms with Gasteiger partial charge in [-0.2, -0.15) is 10.4 Å². The molecule has 2 rings (SSSR count). The summed E-state index contributed by atoms with van der Waals surface area (Å²) in [5.41, 5.74) is 3.06. The van der Waals surface area contributed by atoms with Gasteiger partial charge in [0.25, 0.3) is 0 Å². The molecular weight excluding hydrogens is 224 g/mol. The van der Waals surface area contributed by atoms with Crippen LogP contribution in [-0.2, 0) is 20.0 Å². The number of nitrogens with zero attached hydrogens (tertiary/aromatic N) is 3. The zero-order chi connectivity index (χ0) is 12.8. The van der Waals surface area contributed by atoms with E-state index in [0.717, 1.165) is 25.1 Å². The zero-order valence-electron chi connectivity index (χ0n) is 10.4. The lowest BCUT2D eigenvalue weighted by atomic mass is 10.1. The quantitative estimate of drug-likeness (QED) is 0.808. The number of hydrogen-bond acceptors (Lipinski definition) is 3. The monoisotopic (exact) mass is 240 g/mol. The maximum absolute atomic E-state index is 8.81. The summed E-state index contributed by atoms with van der Waals surface area (Å²) in [6, 6.07) is 11.8. The number of aromatic nitrogens is 2. The van der Waals surface area contributed by atoms with Crippen LogP contribution in [0.15, 0.2) is 36.5 Å². The van der Waals surface area contributed by atoms with E-state index in [1.807, 2.05) is 48.3 Å². The largest absolute Gasteiger partial charge is 0.312 e. The van der Waals surface area contributed by atoms with Gasteiger partial charge in [0.15, 0.2) is 0 Å². The molecule has 0 unspecified atom stereocenters. The fraction of sp³-hybridized carbons (Fsp3) is 0.286. The molecule has 0 bridgehead atoms. The molecule has 0 aliphatic rings. The normalized spacial score (nSPS) is 10.2. The fourth-order valence-corrected chi connectivity index (χ4v) is 1.85. The number of nitriles is 1. The summed E-state index contributed by atoms with van der Waals surface area (Å²) in [5, 5.41) is 16.3. The van der Waals surface area contributed by atoms with Crippen molar-refractivity contribution in [2.24, 2.45) is 7.05 Å². The molecule has 1 aromatic carbocycles. The van der Waals surface area contributed by atoms with Gasteiger partial charge >= 0.3 is 0 Å². The molecule has 0 saturated carbocycles. The van der Waals surface area contributed by atoms with Gasteiger partial charge < -0.3 is 5.32 Å². The molecular formula is C14H16N4. The van der Waals surface area contributed by atoms with E-state index in [2.05, 4.69) is 16.5 Å². The zero-order valence-corrected chi connectivity index (χ0v) is 10.4. The van der Waals surface area contributed by atoms with Crippen LogP contribution < -0.4 is 5.32 Å². The van der Waals surface area contributed by atoms with Gasteiger partial charge in [-0.3, -0.25) is 4.68 Å². The molecule has 0 aliphatic heterocycles. The lowest BCUT2D eigenvalue weighted by molar-refractivity contribution is 0.643. The molecule has 0 atom stereocenters. The Kier molecular flexibility index (Phi) is 4.11. The van der Waals surface area contributed by atoms with E-state index < -0.39 is 0 Å². The van der Waals surface area contributed by atoms with Crippen LogP contribution in [0.1, 0.15) is 16.8 Å². The average Bonchev–Trinajstić information content (AvgIpc) is 2.81. The van der Waals surface area contributed by atoms with E-state index in [9.17, 15) is 0 Å². The topological polar surface area (TPSA) is 53.6 Å². The highest BCUT2D eigenvalue weighted by Gasteiger charge is 1.98. The number of rotatable bonds is 5. The van der Waals surface area contributed by atoms with E-state index in [0.29, 0.717) is 5.56 Å². The Morgan fingerprint density at radius 1 is 1.39 bits per heavy atom. The smallest absolute Gasteiger partial charge is 0.0991 e. The third kappa shape index (κ3) is 3.19. The molecule has 0 fully saturated rings. The fourth-order valence-electron chi connectivity index (χ4n) is 1.85. The molecule has 4 heteroatoms. The Labute approximate surface area is 107 Å². The van der Waals surface area contributed by atoms with E-state index in [1.54, 1.807) is 0 Å². The first-order valence-electron chi connectivity index (χ1n) is 5.96. The first kappa shape index (κ1) is 12.3. The van der Waals surface area contributed by atoms with E-state index in [-0.39, 0.29) is 0 Å². The molecule has 2 aromatic rings. The van der Waals surface area contributed by atoms with Crippen molar-refractivity contribution in [3.05, 3.63) is 53.3 Å². The SMILES string of the molecule is Cn1nccc1CCNCc1cccc(C#N)c1. The van der Waals surface area contributed by atoms with E-state index in [1.165, 1.54) is 5.69 Å². The van der Waals surface area contributed by atoms with Gasteiger partial charge in [0, 0.05) is 38.4 Å². The second-order valence-corrected chi connectivity index (χ2v) is 4.19. The molecule has 1 heterocycles. The van der Waals surface area contributed by atoms with Gasteiger partial charge in [0.05, 0.1) is 11.6 Å². The average molecular weight is 240 g/mol. The lowest BCUT2D eigenvalue weighted by Gasteiger charge is -2.05. The van der Waals surface area contributed by atoms with Crippen LogP contribution in [-0.4, -0.2) is 16.3 Å². The van der Waals surface area contributed by atoms with Crippen LogP contribution in [0.2, 0.25) is 0 Å². The Morgan fingerprint density at radius 2 is 2.28 bits per heavy atom. The van der Waals surface area contributed by atoms with Crippen molar-refractivity contribution in [1.82, 2.24) is 15.1 Å². The Morgan fingerprint density at radius 3 is 3.00 bits per heavy atom. The van der Waals surface area contributed by atoms with Crippen molar-refractivity contribution in [3.8, 4) is 6.07 Å². The van der Waals surface area contributed by atoms with Gasteiger partial charge in [-0.15, -0.1) is 0 Å². The maximum atomic E-state index is 8.81. The van der Waals surface area contributed by atoms with Crippen LogP contribution in [0.5, 0.6) is 0 Å². The summed E-state index contributed by atoms with van der Waals surface area (Å²) in [6.45, 7) is 1.68. The van der Waals surface area contributed by atoms with Crippen LogP contribution in [0.4, 0.5) is 0 Å². The Hall–Kier alpha value is -2.12. The summed E-state index contributed by atoms with van der Waals surface area (Å²) >= 11 is 0. The minimum Gasteiger partial charge on any atom is -0.312 e. The van der Waals surface area contributed by atoms with Crippen molar-refractivity contribution in [2.45, 2.75) is 13.0 Å². The summed E-state index contributed by atoms with van der Waals surface area (Å²) in [5.74, 6) is 0. The van der Waals surface area contributed by atoms with Crippen LogP contribution >= 0.6 is 0 Å². The van der Waals surface area contributed by atoms with Crippen molar-refractivity contribution >= 4 is 0 Å². The molecule has 18 heavy (non-hydrogen) atoms. The van der Waals surface area contributed by atoms with Gasteiger partial charge in [-0.1, -0.05) is 12.1 Å². The summed E-state index contributed by atoms with van der Waals surface area (Å²) in [4.78, 5) is 0. The van der Waals surface area contributed by atoms with Crippen molar-refractivity contribution in [2.75, 3.05) is 6.54 Å². The highest BCUT2D eigenvalue weighted by atomic mass is 15.3. The molecule has 0 aliphatic carbocycles. The summed E-state index contributed by atoms with van der Waals surface area (Å²) in [6.07, 6.45) is 2.76. The van der Waals surface area contributed by atoms with Crippen molar-refractivity contribution < 1.29 is 0 Å². The first-order chi connectivity index (χ1) is 8.79. The number of nitrogens with one attached hydrogen (secondary N) is 1. The highest BCUT2D eigenvalue weighted by Crippen LogP contribution is 2.03. The molecule has 92 valence electrons. The first-order valence-corrected chi connectivity index (χ1v) is 5.96. The highest BCUT2D eigenvalue weighted by molar-refractivity contribution is 5.32. The third-order valence-corrected chi connectivity index (χ3v) is 2.87. The van der Waals surface area contributed by atoms with Gasteiger partial charge in [0.1, 0.15) is 0 Å². The molecule has 0 amide bonds. The number of hydrogen-bond donors (Lipinski definition) is 1. The van der Waals surface area contributed by atoms with Crippen LogP contribution in [0.3, 0.4) is 0 Å². The van der Waals surface area contributed by atoms with Crippen LogP contribution in [0.25, 0.3) is 0 Å². The minimum absolute atomic E-state index is 0.709. The molecule has 4 nitrogen and oxygen atoms in total. The summed E-state index contributed by atoms with van der Waals surface area (Å²) < 4.78 is 1.89. The minimum atomic E-state index is 0.709. The Bertz CT molecular complexity index is 551. The second kappa shape index (κ2) is 5.99. The van der Waals surface area contributed by atoms with Crippen LogP contribution in [0, 0.1) is 11.3 Å². The molecule has 1 aromatic heterocycles. The van der Waals surface area contributed by atoms with Crippen molar-refractivity contribution in [3.63, 3.8) is 0 Å². The number of benzene rings is 1. The maximum Gasteiger partial charge on any atom is 0.0991 e. The third-order valence-electron chi connectivity index (χ3n) is 2.87. The molecule has 0 spiro atoms. The lowest BCUT2D eigenvalue weighted by Crippen LogP contribution is -2.17. The molecule has 0 saturated heterocycles. The molecule has 0 radical (unpaired) electrons. The molecule has 1 N–H and O–H groups in total. The van der Waals surface area contributed by atoms with Crippen molar-refractivity contribution in [1.29, 1.82) is 5.26 Å². The number of aryl methyl sites for hydroxylation is 1. The van der Waals surface area contributed by atoms with E-state index >= 15 is 0 Å². The van der Waals surface area contributed by atoms with E-state index in [4.69, 9.17) is 5.26 Å².